The second kappa shape index (κ2) is 9.81. The number of aryl methyl sites for hydroxylation is 1. The number of hydrogen-bond acceptors (Lipinski definition) is 4. The van der Waals surface area contributed by atoms with Crippen LogP contribution in [0.25, 0.3) is 0 Å². The van der Waals surface area contributed by atoms with Crippen molar-refractivity contribution in [3.63, 3.8) is 0 Å². The summed E-state index contributed by atoms with van der Waals surface area (Å²) < 4.78 is 5.05. The van der Waals surface area contributed by atoms with Gasteiger partial charge in [0.15, 0.2) is 6.61 Å². The topological polar surface area (TPSA) is 84.5 Å². The molecule has 2 rings (SSSR count). The van der Waals surface area contributed by atoms with Gasteiger partial charge in [0.1, 0.15) is 0 Å². The van der Waals surface area contributed by atoms with Gasteiger partial charge >= 0.3 is 5.97 Å². The van der Waals surface area contributed by atoms with Gasteiger partial charge < -0.3 is 15.4 Å². The van der Waals surface area contributed by atoms with Crippen LogP contribution in [-0.2, 0) is 25.5 Å². The lowest BCUT2D eigenvalue weighted by Crippen LogP contribution is -2.36. The maximum Gasteiger partial charge on any atom is 0.309 e. The third-order valence-corrected chi connectivity index (χ3v) is 4.40. The highest BCUT2D eigenvalue weighted by molar-refractivity contribution is 5.95. The molecule has 1 aliphatic rings. The van der Waals surface area contributed by atoms with Crippen LogP contribution in [-0.4, -0.2) is 30.9 Å². The molecular formula is C19H26N2O4. The minimum absolute atomic E-state index is 0.0876. The van der Waals surface area contributed by atoms with Gasteiger partial charge in [-0.3, -0.25) is 14.4 Å². The lowest BCUT2D eigenvalue weighted by atomic mass is 9.89. The van der Waals surface area contributed by atoms with Crippen molar-refractivity contribution >= 4 is 23.5 Å². The molecule has 1 aromatic carbocycles. The number of hydrogen-bond donors (Lipinski definition) is 2. The fourth-order valence-electron chi connectivity index (χ4n) is 2.97. The maximum absolute atomic E-state index is 11.9. The highest BCUT2D eigenvalue weighted by Crippen LogP contribution is 2.24. The smallest absolute Gasteiger partial charge is 0.309 e. The van der Waals surface area contributed by atoms with Gasteiger partial charge in [-0.15, -0.1) is 0 Å². The summed E-state index contributed by atoms with van der Waals surface area (Å²) in [5.74, 6) is -1.18. The van der Waals surface area contributed by atoms with E-state index in [1.54, 1.807) is 0 Å². The Labute approximate surface area is 148 Å². The van der Waals surface area contributed by atoms with Crippen molar-refractivity contribution < 1.29 is 19.1 Å². The van der Waals surface area contributed by atoms with Crippen LogP contribution in [0.4, 0.5) is 5.69 Å². The Kier molecular flexibility index (Phi) is 7.44. The molecule has 0 atom stereocenters. The first kappa shape index (κ1) is 19.0. The molecule has 0 saturated heterocycles. The van der Waals surface area contributed by atoms with E-state index in [9.17, 15) is 14.4 Å². The first-order valence-electron chi connectivity index (χ1n) is 8.91. The van der Waals surface area contributed by atoms with Crippen LogP contribution in [0.1, 0.15) is 44.6 Å². The fraction of sp³-hybridized carbons (Fsp3) is 0.526. The van der Waals surface area contributed by atoms with Crippen LogP contribution in [0, 0.1) is 5.92 Å². The zero-order chi connectivity index (χ0) is 18.1. The van der Waals surface area contributed by atoms with E-state index in [4.69, 9.17) is 4.74 Å². The molecule has 2 N–H and O–H groups in total. The Balaban J connectivity index is 1.68. The minimum Gasteiger partial charge on any atom is -0.455 e. The Morgan fingerprint density at radius 3 is 2.52 bits per heavy atom. The zero-order valence-corrected chi connectivity index (χ0v) is 14.7. The Hall–Kier alpha value is -2.37. The summed E-state index contributed by atoms with van der Waals surface area (Å²) in [5, 5.41) is 5.24. The van der Waals surface area contributed by atoms with Gasteiger partial charge in [-0.2, -0.15) is 0 Å². The van der Waals surface area contributed by atoms with Crippen LogP contribution < -0.4 is 10.6 Å². The average Bonchev–Trinajstić information content (AvgIpc) is 2.65. The van der Waals surface area contributed by atoms with Crippen molar-refractivity contribution in [3.05, 3.63) is 29.8 Å². The molecule has 0 heterocycles. The van der Waals surface area contributed by atoms with Gasteiger partial charge in [-0.05, 0) is 30.9 Å². The number of anilines is 1. The van der Waals surface area contributed by atoms with Gasteiger partial charge in [0.25, 0.3) is 5.91 Å². The second-order valence-electron chi connectivity index (χ2n) is 6.28. The molecule has 1 aromatic rings. The van der Waals surface area contributed by atoms with Crippen molar-refractivity contribution in [1.82, 2.24) is 5.32 Å². The third kappa shape index (κ3) is 6.21. The van der Waals surface area contributed by atoms with Crippen molar-refractivity contribution in [1.29, 1.82) is 0 Å². The molecule has 1 fully saturated rings. The molecule has 6 nitrogen and oxygen atoms in total. The van der Waals surface area contributed by atoms with Crippen LogP contribution in [0.2, 0.25) is 0 Å². The van der Waals surface area contributed by atoms with Crippen LogP contribution >= 0.6 is 0 Å². The first-order chi connectivity index (χ1) is 12.1. The van der Waals surface area contributed by atoms with E-state index in [1.165, 1.54) is 0 Å². The predicted molar refractivity (Wildman–Crippen MR) is 95.0 cm³/mol. The van der Waals surface area contributed by atoms with E-state index < -0.39 is 5.91 Å². The number of rotatable bonds is 7. The van der Waals surface area contributed by atoms with E-state index in [-0.39, 0.29) is 30.9 Å². The monoisotopic (exact) mass is 346 g/mol. The Morgan fingerprint density at radius 2 is 1.80 bits per heavy atom. The molecule has 25 heavy (non-hydrogen) atoms. The van der Waals surface area contributed by atoms with Crippen LogP contribution in [0.15, 0.2) is 24.3 Å². The number of para-hydroxylation sites is 1. The quantitative estimate of drug-likeness (QED) is 0.743. The Bertz CT molecular complexity index is 609. The van der Waals surface area contributed by atoms with Gasteiger partial charge in [-0.1, -0.05) is 44.4 Å². The van der Waals surface area contributed by atoms with Gasteiger partial charge in [0.05, 0.1) is 12.5 Å². The maximum atomic E-state index is 11.9. The summed E-state index contributed by atoms with van der Waals surface area (Å²) >= 11 is 0. The predicted octanol–water partition coefficient (Wildman–Crippen LogP) is 2.43. The van der Waals surface area contributed by atoms with Gasteiger partial charge in [-0.25, -0.2) is 0 Å². The van der Waals surface area contributed by atoms with E-state index in [0.717, 1.165) is 49.8 Å². The standard InChI is InChI=1S/C19H26N2O4/c1-2-14-8-6-7-11-16(14)21-17(22)12-20-18(23)13-25-19(24)15-9-4-3-5-10-15/h6-8,11,15H,2-5,9-10,12-13H2,1H3,(H,20,23)(H,21,22). The average molecular weight is 346 g/mol. The molecule has 0 radical (unpaired) electrons. The molecular weight excluding hydrogens is 320 g/mol. The number of carbonyl (C=O) groups is 3. The van der Waals surface area contributed by atoms with E-state index >= 15 is 0 Å². The van der Waals surface area contributed by atoms with Crippen LogP contribution in [0.3, 0.4) is 0 Å². The van der Waals surface area contributed by atoms with E-state index in [1.807, 2.05) is 31.2 Å². The summed E-state index contributed by atoms with van der Waals surface area (Å²) in [6, 6.07) is 7.53. The number of benzene rings is 1. The van der Waals surface area contributed by atoms with Gasteiger partial charge in [0, 0.05) is 5.69 Å². The van der Waals surface area contributed by atoms with Gasteiger partial charge in [0.2, 0.25) is 5.91 Å². The highest BCUT2D eigenvalue weighted by atomic mass is 16.5. The molecule has 0 bridgehead atoms. The summed E-state index contributed by atoms with van der Waals surface area (Å²) in [6.07, 6.45) is 5.69. The molecule has 6 heteroatoms. The summed E-state index contributed by atoms with van der Waals surface area (Å²) in [6.45, 7) is 1.51. The lowest BCUT2D eigenvalue weighted by Gasteiger charge is -2.19. The fourth-order valence-corrected chi connectivity index (χ4v) is 2.97. The number of ether oxygens (including phenoxy) is 1. The SMILES string of the molecule is CCc1ccccc1NC(=O)CNC(=O)COC(=O)C1CCCCC1. The molecule has 136 valence electrons. The van der Waals surface area contributed by atoms with Crippen molar-refractivity contribution in [2.24, 2.45) is 5.92 Å². The molecule has 2 amide bonds. The molecule has 1 aliphatic carbocycles. The van der Waals surface area contributed by atoms with Crippen LogP contribution in [0.5, 0.6) is 0 Å². The number of carbonyl (C=O) groups excluding carboxylic acids is 3. The largest absolute Gasteiger partial charge is 0.455 e. The molecule has 0 aromatic heterocycles. The zero-order valence-electron chi connectivity index (χ0n) is 14.7. The normalized spacial score (nSPS) is 14.6. The molecule has 0 unspecified atom stereocenters. The number of amides is 2. The summed E-state index contributed by atoms with van der Waals surface area (Å²) in [5.41, 5.74) is 1.77. The lowest BCUT2D eigenvalue weighted by molar-refractivity contribution is -0.153. The number of nitrogens with one attached hydrogen (secondary N) is 2. The summed E-state index contributed by atoms with van der Waals surface area (Å²) in [7, 11) is 0. The van der Waals surface area contributed by atoms with Crippen molar-refractivity contribution in [2.45, 2.75) is 45.4 Å². The molecule has 1 saturated carbocycles. The molecule has 0 aliphatic heterocycles. The highest BCUT2D eigenvalue weighted by Gasteiger charge is 2.23. The molecule has 0 spiro atoms. The van der Waals surface area contributed by atoms with E-state index in [0.29, 0.717) is 0 Å². The number of esters is 1. The van der Waals surface area contributed by atoms with Crippen molar-refractivity contribution in [2.75, 3.05) is 18.5 Å². The minimum atomic E-state index is -0.469. The van der Waals surface area contributed by atoms with E-state index in [2.05, 4.69) is 10.6 Å². The third-order valence-electron chi connectivity index (χ3n) is 4.40. The summed E-state index contributed by atoms with van der Waals surface area (Å²) in [4.78, 5) is 35.5. The van der Waals surface area contributed by atoms with Crippen molar-refractivity contribution in [3.8, 4) is 0 Å². The first-order valence-corrected chi connectivity index (χ1v) is 8.91. The Morgan fingerprint density at radius 1 is 1.08 bits per heavy atom. The second-order valence-corrected chi connectivity index (χ2v) is 6.28.